The first-order chi connectivity index (χ1) is 7.27. The van der Waals surface area contributed by atoms with Gasteiger partial charge in [0, 0.05) is 20.0 Å². The van der Waals surface area contributed by atoms with Crippen molar-refractivity contribution < 1.29 is 0 Å². The molecule has 84 valence electrons. The molecule has 0 nitrogen and oxygen atoms in total. The van der Waals surface area contributed by atoms with Crippen LogP contribution in [0.4, 0.5) is 0 Å². The second-order valence-electron chi connectivity index (χ2n) is 2.51. The van der Waals surface area contributed by atoms with Crippen LogP contribution in [0.2, 0.25) is 5.02 Å². The van der Waals surface area contributed by atoms with E-state index in [1.165, 1.54) is 15.0 Å². The largest absolute Gasteiger partial charge is 0.141 e. The molecule has 0 fully saturated rings. The van der Waals surface area contributed by atoms with Crippen molar-refractivity contribution in [1.29, 1.82) is 0 Å². The SMILES string of the molecule is CC.CC.Cc1cc2c(Cl)cccc2s1. The molecular formula is C13H19ClS. The van der Waals surface area contributed by atoms with Crippen molar-refractivity contribution in [3.63, 3.8) is 0 Å². The van der Waals surface area contributed by atoms with Crippen LogP contribution in [0.15, 0.2) is 24.3 Å². The van der Waals surface area contributed by atoms with Crippen LogP contribution >= 0.6 is 22.9 Å². The van der Waals surface area contributed by atoms with Crippen molar-refractivity contribution in [3.05, 3.63) is 34.2 Å². The van der Waals surface area contributed by atoms with Crippen molar-refractivity contribution in [2.24, 2.45) is 0 Å². The van der Waals surface area contributed by atoms with Gasteiger partial charge < -0.3 is 0 Å². The monoisotopic (exact) mass is 242 g/mol. The molecule has 2 rings (SSSR count). The fourth-order valence-electron chi connectivity index (χ4n) is 1.15. The van der Waals surface area contributed by atoms with E-state index in [9.17, 15) is 0 Å². The molecule has 0 unspecified atom stereocenters. The third-order valence-electron chi connectivity index (χ3n) is 1.63. The summed E-state index contributed by atoms with van der Waals surface area (Å²) in [6.45, 7) is 10.1. The van der Waals surface area contributed by atoms with E-state index in [-0.39, 0.29) is 0 Å². The third-order valence-corrected chi connectivity index (χ3v) is 2.98. The molecule has 0 spiro atoms. The van der Waals surface area contributed by atoms with Gasteiger partial charge in [0.15, 0.2) is 0 Å². The van der Waals surface area contributed by atoms with E-state index in [0.717, 1.165) is 5.02 Å². The number of halogens is 1. The van der Waals surface area contributed by atoms with Gasteiger partial charge in [0.05, 0.1) is 0 Å². The van der Waals surface area contributed by atoms with Crippen molar-refractivity contribution in [2.75, 3.05) is 0 Å². The summed E-state index contributed by atoms with van der Waals surface area (Å²) in [6.07, 6.45) is 0. The molecule has 0 radical (unpaired) electrons. The second-order valence-corrected chi connectivity index (χ2v) is 4.20. The summed E-state index contributed by atoms with van der Waals surface area (Å²) in [5.41, 5.74) is 0. The third kappa shape index (κ3) is 3.84. The maximum atomic E-state index is 5.98. The lowest BCUT2D eigenvalue weighted by atomic mass is 10.2. The summed E-state index contributed by atoms with van der Waals surface area (Å²) in [4.78, 5) is 1.31. The highest BCUT2D eigenvalue weighted by Gasteiger charge is 2.00. The minimum atomic E-state index is 0.854. The highest BCUT2D eigenvalue weighted by molar-refractivity contribution is 7.19. The number of benzene rings is 1. The maximum absolute atomic E-state index is 5.98. The van der Waals surface area contributed by atoms with Crippen LogP contribution in [0.5, 0.6) is 0 Å². The van der Waals surface area contributed by atoms with E-state index in [4.69, 9.17) is 11.6 Å². The van der Waals surface area contributed by atoms with Crippen molar-refractivity contribution in [1.82, 2.24) is 0 Å². The Bertz CT molecular complexity index is 390. The Morgan fingerprint density at radius 2 is 1.67 bits per heavy atom. The van der Waals surface area contributed by atoms with Crippen molar-refractivity contribution in [2.45, 2.75) is 34.6 Å². The lowest BCUT2D eigenvalue weighted by Crippen LogP contribution is -1.62. The van der Waals surface area contributed by atoms with Gasteiger partial charge in [-0.25, -0.2) is 0 Å². The van der Waals surface area contributed by atoms with E-state index in [2.05, 4.69) is 19.1 Å². The minimum Gasteiger partial charge on any atom is -0.141 e. The quantitative estimate of drug-likeness (QED) is 0.538. The standard InChI is InChI=1S/C9H7ClS.2C2H6/c1-6-5-7-8(10)3-2-4-9(7)11-6;2*1-2/h2-5H,1H3;2*1-2H3. The molecule has 2 heteroatoms. The van der Waals surface area contributed by atoms with Gasteiger partial charge in [-0.2, -0.15) is 0 Å². The topological polar surface area (TPSA) is 0 Å². The van der Waals surface area contributed by atoms with Crippen LogP contribution < -0.4 is 0 Å². The Labute approximate surface area is 102 Å². The zero-order chi connectivity index (χ0) is 11.8. The normalized spacial score (nSPS) is 8.67. The van der Waals surface area contributed by atoms with Gasteiger partial charge >= 0.3 is 0 Å². The number of rotatable bonds is 0. The molecule has 0 atom stereocenters. The summed E-state index contributed by atoms with van der Waals surface area (Å²) in [7, 11) is 0. The predicted molar refractivity (Wildman–Crippen MR) is 74.3 cm³/mol. The zero-order valence-electron chi connectivity index (χ0n) is 10.1. The van der Waals surface area contributed by atoms with E-state index in [1.54, 1.807) is 11.3 Å². The van der Waals surface area contributed by atoms with Crippen LogP contribution in [-0.2, 0) is 0 Å². The molecular weight excluding hydrogens is 224 g/mol. The van der Waals surface area contributed by atoms with Gasteiger partial charge in [-0.05, 0) is 25.1 Å². The van der Waals surface area contributed by atoms with Crippen molar-refractivity contribution >= 4 is 33.0 Å². The smallest absolute Gasteiger partial charge is 0.0492 e. The fraction of sp³-hybridized carbons (Fsp3) is 0.385. The van der Waals surface area contributed by atoms with Crippen molar-refractivity contribution in [3.8, 4) is 0 Å². The van der Waals surface area contributed by atoms with Gasteiger partial charge in [-0.1, -0.05) is 45.4 Å². The predicted octanol–water partition coefficient (Wildman–Crippen LogP) is 5.92. The molecule has 2 aromatic rings. The molecule has 0 aliphatic carbocycles. The summed E-state index contributed by atoms with van der Waals surface area (Å²) in [5.74, 6) is 0. The molecule has 1 aromatic carbocycles. The Balaban J connectivity index is 0.000000442. The lowest BCUT2D eigenvalue weighted by Gasteiger charge is -1.89. The second kappa shape index (κ2) is 7.72. The van der Waals surface area contributed by atoms with Gasteiger partial charge in [-0.15, -0.1) is 11.3 Å². The highest BCUT2D eigenvalue weighted by atomic mass is 35.5. The molecule has 0 aliphatic heterocycles. The highest BCUT2D eigenvalue weighted by Crippen LogP contribution is 2.30. The summed E-state index contributed by atoms with van der Waals surface area (Å²) >= 11 is 7.76. The first kappa shape index (κ1) is 14.5. The van der Waals surface area contributed by atoms with Crippen LogP contribution in [0, 0.1) is 6.92 Å². The van der Waals surface area contributed by atoms with E-state index in [1.807, 2.05) is 39.8 Å². The Morgan fingerprint density at radius 3 is 2.20 bits per heavy atom. The zero-order valence-corrected chi connectivity index (χ0v) is 11.7. The number of hydrogen-bond donors (Lipinski definition) is 0. The molecule has 0 bridgehead atoms. The molecule has 0 amide bonds. The molecule has 0 aliphatic rings. The molecule has 15 heavy (non-hydrogen) atoms. The Hall–Kier alpha value is -0.530. The van der Waals surface area contributed by atoms with Crippen LogP contribution in [0.3, 0.4) is 0 Å². The average molecular weight is 243 g/mol. The van der Waals surface area contributed by atoms with Gasteiger partial charge in [0.2, 0.25) is 0 Å². The summed E-state index contributed by atoms with van der Waals surface area (Å²) in [6, 6.07) is 8.14. The number of thiophene rings is 1. The maximum Gasteiger partial charge on any atom is 0.0492 e. The van der Waals surface area contributed by atoms with E-state index < -0.39 is 0 Å². The molecule has 0 saturated carbocycles. The first-order valence-corrected chi connectivity index (χ1v) is 6.61. The van der Waals surface area contributed by atoms with Crippen LogP contribution in [0.25, 0.3) is 10.1 Å². The summed E-state index contributed by atoms with van der Waals surface area (Å²) < 4.78 is 1.27. The summed E-state index contributed by atoms with van der Waals surface area (Å²) in [5, 5.41) is 2.03. The fourth-order valence-corrected chi connectivity index (χ4v) is 2.39. The lowest BCUT2D eigenvalue weighted by molar-refractivity contribution is 1.50. The van der Waals surface area contributed by atoms with Crippen LogP contribution in [-0.4, -0.2) is 0 Å². The molecule has 1 heterocycles. The Kier molecular flexibility index (Phi) is 7.45. The van der Waals surface area contributed by atoms with Crippen LogP contribution in [0.1, 0.15) is 32.6 Å². The number of aryl methyl sites for hydroxylation is 1. The van der Waals surface area contributed by atoms with Gasteiger partial charge in [0.1, 0.15) is 0 Å². The molecule has 1 aromatic heterocycles. The number of hydrogen-bond acceptors (Lipinski definition) is 1. The van der Waals surface area contributed by atoms with Gasteiger partial charge in [-0.3, -0.25) is 0 Å². The Morgan fingerprint density at radius 1 is 1.07 bits per heavy atom. The molecule has 0 N–H and O–H groups in total. The average Bonchev–Trinajstić information content (AvgIpc) is 2.66. The van der Waals surface area contributed by atoms with Gasteiger partial charge in [0.25, 0.3) is 0 Å². The minimum absolute atomic E-state index is 0.854. The first-order valence-electron chi connectivity index (χ1n) is 5.42. The van der Waals surface area contributed by atoms with E-state index >= 15 is 0 Å². The molecule has 0 saturated heterocycles. The van der Waals surface area contributed by atoms with E-state index in [0.29, 0.717) is 0 Å². The number of fused-ring (bicyclic) bond motifs is 1.